The lowest BCUT2D eigenvalue weighted by Crippen LogP contribution is -2.10. The van der Waals surface area contributed by atoms with Gasteiger partial charge in [0.2, 0.25) is 0 Å². The molecule has 0 atom stereocenters. The molecule has 2 heteroatoms. The standard InChI is InChI=1S/C52H35NO/c1-2-13-38(14-3-1)46-18-6-7-19-47(46)39-28-32-45(33-29-39)53(50-22-11-21-49-48-20-8-9-23-51(48)54-52(49)50)44-30-26-37(27-31-44)41-16-10-17-42(34-41)43-25-24-36-12-4-5-15-40(36)35-43/h1-35H. The molecule has 0 amide bonds. The first kappa shape index (κ1) is 31.6. The summed E-state index contributed by atoms with van der Waals surface area (Å²) in [6, 6.07) is 75.8. The van der Waals surface area contributed by atoms with Gasteiger partial charge >= 0.3 is 0 Å². The predicted octanol–water partition coefficient (Wildman–Crippen LogP) is 14.9. The topological polar surface area (TPSA) is 16.4 Å². The van der Waals surface area contributed by atoms with Crippen molar-refractivity contribution in [3.05, 3.63) is 212 Å². The normalized spacial score (nSPS) is 11.3. The Balaban J connectivity index is 1.06. The maximum absolute atomic E-state index is 6.60. The Morgan fingerprint density at radius 1 is 0.315 bits per heavy atom. The Labute approximate surface area is 314 Å². The fraction of sp³-hybridized carbons (Fsp3) is 0. The summed E-state index contributed by atoms with van der Waals surface area (Å²) in [4.78, 5) is 2.31. The minimum absolute atomic E-state index is 0.865. The molecular weight excluding hydrogens is 655 g/mol. The number of benzene rings is 9. The molecule has 0 radical (unpaired) electrons. The number of hydrogen-bond donors (Lipinski definition) is 0. The van der Waals surface area contributed by atoms with Crippen molar-refractivity contribution in [2.24, 2.45) is 0 Å². The predicted molar refractivity (Wildman–Crippen MR) is 228 cm³/mol. The van der Waals surface area contributed by atoms with Crippen LogP contribution in [0, 0.1) is 0 Å². The highest BCUT2D eigenvalue weighted by Gasteiger charge is 2.20. The third-order valence-corrected chi connectivity index (χ3v) is 10.5. The Hall–Kier alpha value is -7.16. The summed E-state index contributed by atoms with van der Waals surface area (Å²) in [5, 5.41) is 4.72. The van der Waals surface area contributed by atoms with Crippen molar-refractivity contribution in [1.82, 2.24) is 0 Å². The Morgan fingerprint density at radius 3 is 1.59 bits per heavy atom. The molecule has 0 spiro atoms. The zero-order valence-corrected chi connectivity index (χ0v) is 29.6. The number of para-hydroxylation sites is 2. The molecule has 0 aliphatic carbocycles. The molecule has 254 valence electrons. The van der Waals surface area contributed by atoms with E-state index in [4.69, 9.17) is 4.42 Å². The third kappa shape index (κ3) is 5.71. The van der Waals surface area contributed by atoms with Crippen LogP contribution in [0.3, 0.4) is 0 Å². The third-order valence-electron chi connectivity index (χ3n) is 10.5. The maximum atomic E-state index is 6.60. The van der Waals surface area contributed by atoms with Crippen LogP contribution in [0.1, 0.15) is 0 Å². The van der Waals surface area contributed by atoms with Gasteiger partial charge in [-0.3, -0.25) is 0 Å². The van der Waals surface area contributed by atoms with Crippen LogP contribution in [-0.2, 0) is 0 Å². The van der Waals surface area contributed by atoms with Gasteiger partial charge in [0.25, 0.3) is 0 Å². The molecule has 0 saturated heterocycles. The van der Waals surface area contributed by atoms with Crippen molar-refractivity contribution in [2.75, 3.05) is 4.90 Å². The fourth-order valence-electron chi connectivity index (χ4n) is 7.78. The van der Waals surface area contributed by atoms with Crippen molar-refractivity contribution in [3.63, 3.8) is 0 Å². The molecule has 0 unspecified atom stereocenters. The van der Waals surface area contributed by atoms with Gasteiger partial charge in [-0.25, -0.2) is 0 Å². The minimum Gasteiger partial charge on any atom is -0.454 e. The Morgan fingerprint density at radius 2 is 0.833 bits per heavy atom. The van der Waals surface area contributed by atoms with Crippen LogP contribution < -0.4 is 4.90 Å². The van der Waals surface area contributed by atoms with Gasteiger partial charge in [-0.05, 0) is 104 Å². The highest BCUT2D eigenvalue weighted by molar-refractivity contribution is 6.10. The van der Waals surface area contributed by atoms with E-state index in [-0.39, 0.29) is 0 Å². The van der Waals surface area contributed by atoms with Crippen molar-refractivity contribution < 1.29 is 4.42 Å². The molecule has 0 saturated carbocycles. The smallest absolute Gasteiger partial charge is 0.159 e. The number of fused-ring (bicyclic) bond motifs is 4. The quantitative estimate of drug-likeness (QED) is 0.166. The van der Waals surface area contributed by atoms with E-state index in [0.717, 1.165) is 44.6 Å². The lowest BCUT2D eigenvalue weighted by atomic mass is 9.94. The molecule has 0 bridgehead atoms. The number of rotatable bonds is 7. The van der Waals surface area contributed by atoms with Crippen molar-refractivity contribution in [2.45, 2.75) is 0 Å². The van der Waals surface area contributed by atoms with Gasteiger partial charge < -0.3 is 9.32 Å². The molecule has 1 aromatic heterocycles. The van der Waals surface area contributed by atoms with E-state index in [9.17, 15) is 0 Å². The van der Waals surface area contributed by atoms with E-state index >= 15 is 0 Å². The first-order chi connectivity index (χ1) is 26.8. The molecule has 2 nitrogen and oxygen atoms in total. The highest BCUT2D eigenvalue weighted by atomic mass is 16.3. The van der Waals surface area contributed by atoms with E-state index < -0.39 is 0 Å². The molecule has 10 aromatic rings. The maximum Gasteiger partial charge on any atom is 0.159 e. The van der Waals surface area contributed by atoms with Gasteiger partial charge in [0.1, 0.15) is 5.58 Å². The molecule has 9 aromatic carbocycles. The van der Waals surface area contributed by atoms with E-state index in [1.807, 2.05) is 12.1 Å². The highest BCUT2D eigenvalue weighted by Crippen LogP contribution is 2.43. The largest absolute Gasteiger partial charge is 0.454 e. The first-order valence-corrected chi connectivity index (χ1v) is 18.4. The van der Waals surface area contributed by atoms with Gasteiger partial charge in [0.15, 0.2) is 5.58 Å². The van der Waals surface area contributed by atoms with Crippen LogP contribution in [0.5, 0.6) is 0 Å². The van der Waals surface area contributed by atoms with Crippen molar-refractivity contribution >= 4 is 49.8 Å². The Kier molecular flexibility index (Phi) is 7.85. The lowest BCUT2D eigenvalue weighted by Gasteiger charge is -2.26. The lowest BCUT2D eigenvalue weighted by molar-refractivity contribution is 0.669. The van der Waals surface area contributed by atoms with Gasteiger partial charge in [-0.15, -0.1) is 0 Å². The molecule has 1 heterocycles. The zero-order chi connectivity index (χ0) is 35.8. The van der Waals surface area contributed by atoms with Gasteiger partial charge in [-0.1, -0.05) is 164 Å². The van der Waals surface area contributed by atoms with Gasteiger partial charge in [-0.2, -0.15) is 0 Å². The average molecular weight is 690 g/mol. The van der Waals surface area contributed by atoms with Crippen molar-refractivity contribution in [3.8, 4) is 44.5 Å². The summed E-state index contributed by atoms with van der Waals surface area (Å²) >= 11 is 0. The summed E-state index contributed by atoms with van der Waals surface area (Å²) in [6.45, 7) is 0. The molecule has 0 N–H and O–H groups in total. The van der Waals surface area contributed by atoms with Gasteiger partial charge in [0, 0.05) is 22.1 Å². The van der Waals surface area contributed by atoms with E-state index in [1.165, 1.54) is 49.7 Å². The van der Waals surface area contributed by atoms with Crippen LogP contribution in [0.2, 0.25) is 0 Å². The van der Waals surface area contributed by atoms with Crippen LogP contribution in [0.4, 0.5) is 17.1 Å². The molecule has 54 heavy (non-hydrogen) atoms. The molecule has 0 aliphatic heterocycles. The molecule has 0 fully saturated rings. The number of nitrogens with zero attached hydrogens (tertiary/aromatic N) is 1. The van der Waals surface area contributed by atoms with Crippen LogP contribution in [-0.4, -0.2) is 0 Å². The number of hydrogen-bond acceptors (Lipinski definition) is 2. The first-order valence-electron chi connectivity index (χ1n) is 18.4. The summed E-state index contributed by atoms with van der Waals surface area (Å²) in [6.07, 6.45) is 0. The van der Waals surface area contributed by atoms with E-state index in [1.54, 1.807) is 0 Å². The molecule has 0 aliphatic rings. The van der Waals surface area contributed by atoms with Crippen LogP contribution in [0.15, 0.2) is 217 Å². The monoisotopic (exact) mass is 689 g/mol. The summed E-state index contributed by atoms with van der Waals surface area (Å²) in [7, 11) is 0. The molecular formula is C52H35NO. The second-order valence-electron chi connectivity index (χ2n) is 13.7. The Bertz CT molecular complexity index is 2920. The second-order valence-corrected chi connectivity index (χ2v) is 13.7. The summed E-state index contributed by atoms with van der Waals surface area (Å²) in [5.74, 6) is 0. The zero-order valence-electron chi connectivity index (χ0n) is 29.6. The average Bonchev–Trinajstić information content (AvgIpc) is 3.64. The minimum atomic E-state index is 0.865. The van der Waals surface area contributed by atoms with Crippen molar-refractivity contribution in [1.29, 1.82) is 0 Å². The summed E-state index contributed by atoms with van der Waals surface area (Å²) in [5.41, 5.74) is 14.4. The fourth-order valence-corrected chi connectivity index (χ4v) is 7.78. The second kappa shape index (κ2) is 13.4. The SMILES string of the molecule is c1ccc(-c2ccccc2-c2ccc(N(c3ccc(-c4cccc(-c5ccc6ccccc6c5)c4)cc3)c3cccc4c3oc3ccccc34)cc2)cc1. The van der Waals surface area contributed by atoms with Crippen LogP contribution >= 0.6 is 0 Å². The summed E-state index contributed by atoms with van der Waals surface area (Å²) < 4.78 is 6.60. The van der Waals surface area contributed by atoms with Gasteiger partial charge in [0.05, 0.1) is 5.69 Å². The molecule has 10 rings (SSSR count). The van der Waals surface area contributed by atoms with E-state index in [0.29, 0.717) is 0 Å². The number of furan rings is 1. The van der Waals surface area contributed by atoms with E-state index in [2.05, 4.69) is 205 Å². The van der Waals surface area contributed by atoms with Crippen LogP contribution in [0.25, 0.3) is 77.2 Å². The number of anilines is 3.